The quantitative estimate of drug-likeness (QED) is 0.147. The summed E-state index contributed by atoms with van der Waals surface area (Å²) in [6.07, 6.45) is 5.02. The second kappa shape index (κ2) is 17.0. The maximum Gasteiger partial charge on any atom is 0.303 e. The van der Waals surface area contributed by atoms with Crippen LogP contribution in [0.3, 0.4) is 0 Å². The van der Waals surface area contributed by atoms with Gasteiger partial charge >= 0.3 is 5.97 Å². The molecule has 0 aromatic heterocycles. The van der Waals surface area contributed by atoms with Gasteiger partial charge in [-0.1, -0.05) is 26.0 Å². The first kappa shape index (κ1) is 30.6. The van der Waals surface area contributed by atoms with Gasteiger partial charge in [-0.05, 0) is 74.3 Å². The van der Waals surface area contributed by atoms with Gasteiger partial charge in [-0.15, -0.1) is 0 Å². The molecular formula is C29H41N3O6. The number of carboxylic acid groups (broad SMARTS) is 1. The summed E-state index contributed by atoms with van der Waals surface area (Å²) in [5, 5.41) is 23.1. The van der Waals surface area contributed by atoms with E-state index in [1.807, 2.05) is 38.1 Å². The molecule has 2 aromatic carbocycles. The van der Waals surface area contributed by atoms with Crippen LogP contribution in [-0.2, 0) is 17.8 Å². The van der Waals surface area contributed by atoms with Crippen LogP contribution in [-0.4, -0.2) is 53.3 Å². The van der Waals surface area contributed by atoms with Gasteiger partial charge in [0.05, 0.1) is 25.3 Å². The van der Waals surface area contributed by atoms with E-state index in [1.165, 1.54) is 6.07 Å². The summed E-state index contributed by atoms with van der Waals surface area (Å²) in [5.41, 5.74) is 8.83. The molecule has 208 valence electrons. The van der Waals surface area contributed by atoms with E-state index in [9.17, 15) is 14.7 Å². The van der Waals surface area contributed by atoms with Gasteiger partial charge in [-0.25, -0.2) is 5.53 Å². The molecule has 0 heterocycles. The predicted octanol–water partition coefficient (Wildman–Crippen LogP) is 6.22. The highest BCUT2D eigenvalue weighted by molar-refractivity contribution is 5.97. The summed E-state index contributed by atoms with van der Waals surface area (Å²) in [6.45, 7) is 6.60. The van der Waals surface area contributed by atoms with E-state index in [1.54, 1.807) is 11.0 Å². The number of amides is 1. The standard InChI is InChI=1S/C29H41N3O6/c1-3-15-32(16-4-2)29(36)25-19-23(9-8-10-28(34)35)27(20-26(25)33)38-18-7-5-6-17-37-24-13-11-22(12-14-24)21-31-30/h11-14,19-20,30,33H,3-10,15-18,21H2,1-2H3,(H,34,35). The van der Waals surface area contributed by atoms with Crippen molar-refractivity contribution in [2.45, 2.75) is 71.8 Å². The third-order valence-electron chi connectivity index (χ3n) is 6.02. The number of carboxylic acids is 1. The van der Waals surface area contributed by atoms with Crippen molar-refractivity contribution >= 4 is 11.9 Å². The molecule has 0 spiro atoms. The van der Waals surface area contributed by atoms with E-state index in [2.05, 4.69) is 5.11 Å². The first-order valence-electron chi connectivity index (χ1n) is 13.4. The fraction of sp³-hybridized carbons (Fsp3) is 0.517. The van der Waals surface area contributed by atoms with E-state index in [0.717, 1.165) is 49.0 Å². The Balaban J connectivity index is 1.93. The average molecular weight is 528 g/mol. The van der Waals surface area contributed by atoms with E-state index >= 15 is 0 Å². The SMILES string of the molecule is CCCN(CCC)C(=O)c1cc(CCCC(=O)O)c(OCCCCCOc2ccc(CN=N)cc2)cc1O. The Labute approximate surface area is 225 Å². The van der Waals surface area contributed by atoms with Gasteiger partial charge < -0.3 is 24.6 Å². The first-order chi connectivity index (χ1) is 18.4. The fourth-order valence-electron chi connectivity index (χ4n) is 4.11. The van der Waals surface area contributed by atoms with E-state index < -0.39 is 5.97 Å². The lowest BCUT2D eigenvalue weighted by Gasteiger charge is -2.23. The zero-order valence-electron chi connectivity index (χ0n) is 22.6. The normalized spacial score (nSPS) is 10.7. The maximum absolute atomic E-state index is 13.1. The molecule has 0 unspecified atom stereocenters. The molecule has 1 amide bonds. The van der Waals surface area contributed by atoms with Crippen molar-refractivity contribution < 1.29 is 29.3 Å². The Morgan fingerprint density at radius 3 is 2.21 bits per heavy atom. The first-order valence-corrected chi connectivity index (χ1v) is 13.4. The van der Waals surface area contributed by atoms with Crippen molar-refractivity contribution in [3.05, 3.63) is 53.1 Å². The lowest BCUT2D eigenvalue weighted by atomic mass is 10.0. The van der Waals surface area contributed by atoms with Gasteiger partial charge in [-0.3, -0.25) is 9.59 Å². The molecule has 0 radical (unpaired) electrons. The Hall–Kier alpha value is -3.62. The van der Waals surface area contributed by atoms with Gasteiger partial charge in [0.1, 0.15) is 17.2 Å². The number of ether oxygens (including phenoxy) is 2. The smallest absolute Gasteiger partial charge is 0.303 e. The highest BCUT2D eigenvalue weighted by atomic mass is 16.5. The van der Waals surface area contributed by atoms with Crippen LogP contribution in [0.2, 0.25) is 0 Å². The molecule has 2 aromatic rings. The number of nitrogens with zero attached hydrogens (tertiary/aromatic N) is 2. The van der Waals surface area contributed by atoms with E-state index in [4.69, 9.17) is 20.1 Å². The second-order valence-corrected chi connectivity index (χ2v) is 9.23. The summed E-state index contributed by atoms with van der Waals surface area (Å²) < 4.78 is 11.7. The number of phenols is 1. The van der Waals surface area contributed by atoms with Gasteiger partial charge in [-0.2, -0.15) is 5.11 Å². The van der Waals surface area contributed by atoms with Crippen LogP contribution in [0.15, 0.2) is 41.5 Å². The number of hydrogen-bond acceptors (Lipinski definition) is 7. The van der Waals surface area contributed by atoms with Gasteiger partial charge in [0.2, 0.25) is 0 Å². The monoisotopic (exact) mass is 527 g/mol. The number of carbonyl (C=O) groups excluding carboxylic acids is 1. The molecule has 9 nitrogen and oxygen atoms in total. The number of benzene rings is 2. The minimum atomic E-state index is -0.874. The summed E-state index contributed by atoms with van der Waals surface area (Å²) in [6, 6.07) is 10.7. The predicted molar refractivity (Wildman–Crippen MR) is 145 cm³/mol. The number of carbonyl (C=O) groups is 2. The van der Waals surface area contributed by atoms with Crippen molar-refractivity contribution in [1.29, 1.82) is 5.53 Å². The lowest BCUT2D eigenvalue weighted by Crippen LogP contribution is -2.32. The van der Waals surface area contributed by atoms with Gasteiger partial charge in [0.25, 0.3) is 5.91 Å². The molecule has 2 rings (SSSR count). The van der Waals surface area contributed by atoms with Crippen LogP contribution >= 0.6 is 0 Å². The third kappa shape index (κ3) is 10.4. The lowest BCUT2D eigenvalue weighted by molar-refractivity contribution is -0.137. The maximum atomic E-state index is 13.1. The molecule has 0 saturated heterocycles. The number of phenolic OH excluding ortho intramolecular Hbond substituents is 1. The van der Waals surface area contributed by atoms with Crippen LogP contribution in [0, 0.1) is 5.53 Å². The molecule has 0 saturated carbocycles. The summed E-state index contributed by atoms with van der Waals surface area (Å²) in [4.78, 5) is 25.9. The highest BCUT2D eigenvalue weighted by Gasteiger charge is 2.21. The summed E-state index contributed by atoms with van der Waals surface area (Å²) >= 11 is 0. The van der Waals surface area contributed by atoms with E-state index in [-0.39, 0.29) is 23.6 Å². The zero-order valence-corrected chi connectivity index (χ0v) is 22.6. The van der Waals surface area contributed by atoms with Crippen molar-refractivity contribution in [1.82, 2.24) is 4.90 Å². The van der Waals surface area contributed by atoms with Gasteiger partial charge in [0, 0.05) is 25.6 Å². The second-order valence-electron chi connectivity index (χ2n) is 9.23. The number of aryl methyl sites for hydroxylation is 1. The molecule has 0 atom stereocenters. The van der Waals surface area contributed by atoms with Crippen LogP contribution in [0.5, 0.6) is 17.2 Å². The Bertz CT molecular complexity index is 1020. The van der Waals surface area contributed by atoms with Gasteiger partial charge in [0.15, 0.2) is 0 Å². The average Bonchev–Trinajstić information content (AvgIpc) is 2.89. The number of nitrogens with one attached hydrogen (secondary N) is 1. The molecule has 0 bridgehead atoms. The molecule has 0 aliphatic carbocycles. The Morgan fingerprint density at radius 1 is 0.947 bits per heavy atom. The highest BCUT2D eigenvalue weighted by Crippen LogP contribution is 2.31. The molecule has 0 fully saturated rings. The topological polar surface area (TPSA) is 133 Å². The summed E-state index contributed by atoms with van der Waals surface area (Å²) in [5.74, 6) is 0.0414. The zero-order chi connectivity index (χ0) is 27.8. The molecule has 0 aliphatic rings. The van der Waals surface area contributed by atoms with Crippen LogP contribution in [0.1, 0.15) is 80.3 Å². The fourth-order valence-corrected chi connectivity index (χ4v) is 4.11. The number of hydrogen-bond donors (Lipinski definition) is 3. The number of unbranched alkanes of at least 4 members (excludes halogenated alkanes) is 2. The molecule has 38 heavy (non-hydrogen) atoms. The van der Waals surface area contributed by atoms with Crippen molar-refractivity contribution in [2.24, 2.45) is 5.11 Å². The minimum absolute atomic E-state index is 0.0175. The van der Waals surface area contributed by atoms with E-state index in [0.29, 0.717) is 51.4 Å². The summed E-state index contributed by atoms with van der Waals surface area (Å²) in [7, 11) is 0. The van der Waals surface area contributed by atoms with Crippen molar-refractivity contribution in [2.75, 3.05) is 26.3 Å². The van der Waals surface area contributed by atoms with Crippen LogP contribution in [0.25, 0.3) is 0 Å². The Morgan fingerprint density at radius 2 is 1.61 bits per heavy atom. The van der Waals surface area contributed by atoms with Crippen LogP contribution < -0.4 is 9.47 Å². The van der Waals surface area contributed by atoms with Crippen molar-refractivity contribution in [3.8, 4) is 17.2 Å². The molecule has 0 aliphatic heterocycles. The molecular weight excluding hydrogens is 486 g/mol. The number of rotatable bonds is 19. The largest absolute Gasteiger partial charge is 0.507 e. The third-order valence-corrected chi connectivity index (χ3v) is 6.02. The number of aromatic hydroxyl groups is 1. The molecule has 9 heteroatoms. The number of aliphatic carboxylic acids is 1. The molecule has 3 N–H and O–H groups in total. The minimum Gasteiger partial charge on any atom is -0.507 e. The van der Waals surface area contributed by atoms with Crippen LogP contribution in [0.4, 0.5) is 0 Å². The van der Waals surface area contributed by atoms with Crippen molar-refractivity contribution in [3.63, 3.8) is 0 Å². The Kier molecular flexibility index (Phi) is 13.7.